The Morgan fingerprint density at radius 2 is 2.09 bits per heavy atom. The maximum atomic E-state index is 11.9. The molecule has 0 atom stereocenters. The van der Waals surface area contributed by atoms with Crippen molar-refractivity contribution < 1.29 is 18.7 Å². The van der Waals surface area contributed by atoms with Crippen molar-refractivity contribution >= 4 is 29.2 Å². The molecule has 0 unspecified atom stereocenters. The second-order valence-electron chi connectivity index (χ2n) is 5.05. The Morgan fingerprint density at radius 3 is 2.70 bits per heavy atom. The molecule has 0 fully saturated rings. The van der Waals surface area contributed by atoms with Crippen molar-refractivity contribution in [1.82, 2.24) is 0 Å². The number of carbonyl (C=O) groups is 2. The van der Waals surface area contributed by atoms with Crippen LogP contribution in [-0.4, -0.2) is 18.9 Å². The van der Waals surface area contributed by atoms with Gasteiger partial charge in [0.25, 0.3) is 0 Å². The number of furan rings is 1. The van der Waals surface area contributed by atoms with Crippen LogP contribution in [-0.2, 0) is 9.53 Å². The minimum absolute atomic E-state index is 0.0411. The van der Waals surface area contributed by atoms with E-state index in [2.05, 4.69) is 0 Å². The molecule has 23 heavy (non-hydrogen) atoms. The van der Waals surface area contributed by atoms with Crippen LogP contribution >= 0.6 is 11.3 Å². The minimum atomic E-state index is -0.434. The van der Waals surface area contributed by atoms with Crippen molar-refractivity contribution in [2.24, 2.45) is 5.92 Å². The Hall–Kier alpha value is -2.65. The average Bonchev–Trinajstić information content (AvgIpc) is 3.19. The van der Waals surface area contributed by atoms with Crippen LogP contribution in [0.3, 0.4) is 0 Å². The molecule has 0 aromatic carbocycles. The van der Waals surface area contributed by atoms with E-state index in [1.165, 1.54) is 24.5 Å². The number of carbonyl (C=O) groups excluding carboxylic acids is 2. The number of hydrogen-bond acceptors (Lipinski definition) is 6. The molecule has 0 aliphatic carbocycles. The highest BCUT2D eigenvalue weighted by Gasteiger charge is 2.18. The van der Waals surface area contributed by atoms with Gasteiger partial charge in [0.2, 0.25) is 0 Å². The quantitative estimate of drug-likeness (QED) is 0.472. The van der Waals surface area contributed by atoms with Gasteiger partial charge in [-0.25, -0.2) is 4.79 Å². The summed E-state index contributed by atoms with van der Waals surface area (Å²) >= 11 is 1.26. The molecule has 6 heteroatoms. The molecule has 5 nitrogen and oxygen atoms in total. The second kappa shape index (κ2) is 7.07. The van der Waals surface area contributed by atoms with Gasteiger partial charge < -0.3 is 9.15 Å². The van der Waals surface area contributed by atoms with Crippen LogP contribution in [0, 0.1) is 17.2 Å². The number of nitriles is 1. The largest absolute Gasteiger partial charge is 0.465 e. The summed E-state index contributed by atoms with van der Waals surface area (Å²) in [5.41, 5.74) is 0.662. The molecule has 0 aliphatic rings. The summed E-state index contributed by atoms with van der Waals surface area (Å²) in [6.07, 6.45) is 1.41. The third-order valence-electron chi connectivity index (χ3n) is 3.13. The topological polar surface area (TPSA) is 80.3 Å². The van der Waals surface area contributed by atoms with Crippen molar-refractivity contribution in [3.8, 4) is 17.4 Å². The molecule has 0 saturated heterocycles. The van der Waals surface area contributed by atoms with Crippen LogP contribution in [0.15, 0.2) is 33.6 Å². The number of rotatable bonds is 5. The number of Topliss-reactive ketones (excluding diaryl/α,β-unsaturated/α-hetero) is 1. The van der Waals surface area contributed by atoms with Crippen LogP contribution in [0.25, 0.3) is 17.4 Å². The zero-order valence-electron chi connectivity index (χ0n) is 13.0. The first-order chi connectivity index (χ1) is 11.0. The summed E-state index contributed by atoms with van der Waals surface area (Å²) in [5.74, 6) is -0.0784. The monoisotopic (exact) mass is 329 g/mol. The fourth-order valence-corrected chi connectivity index (χ4v) is 2.76. The summed E-state index contributed by atoms with van der Waals surface area (Å²) in [6.45, 7) is 3.46. The summed E-state index contributed by atoms with van der Waals surface area (Å²) in [6, 6.07) is 6.99. The van der Waals surface area contributed by atoms with Gasteiger partial charge in [0.05, 0.1) is 12.7 Å². The summed E-state index contributed by atoms with van der Waals surface area (Å²) in [4.78, 5) is 24.1. The molecule has 2 heterocycles. The third kappa shape index (κ3) is 3.58. The van der Waals surface area contributed by atoms with E-state index in [0.717, 1.165) is 0 Å². The van der Waals surface area contributed by atoms with Crippen molar-refractivity contribution in [3.63, 3.8) is 0 Å². The number of thiophene rings is 1. The van der Waals surface area contributed by atoms with E-state index >= 15 is 0 Å². The summed E-state index contributed by atoms with van der Waals surface area (Å²) in [5, 5.41) is 10.9. The van der Waals surface area contributed by atoms with Crippen molar-refractivity contribution in [3.05, 3.63) is 39.8 Å². The number of methoxy groups -OCH3 is 1. The molecule has 2 aromatic heterocycles. The zero-order chi connectivity index (χ0) is 17.0. The number of ketones is 1. The minimum Gasteiger partial charge on any atom is -0.465 e. The van der Waals surface area contributed by atoms with Crippen LogP contribution in [0.4, 0.5) is 0 Å². The van der Waals surface area contributed by atoms with E-state index in [0.29, 0.717) is 22.0 Å². The average molecular weight is 329 g/mol. The molecular weight excluding hydrogens is 314 g/mol. The number of nitrogens with zero attached hydrogens (tertiary/aromatic N) is 1. The first-order valence-corrected chi connectivity index (χ1v) is 7.78. The molecular formula is C17H15NO4S. The van der Waals surface area contributed by atoms with Gasteiger partial charge in [-0.15, -0.1) is 11.3 Å². The normalized spacial score (nSPS) is 11.3. The summed E-state index contributed by atoms with van der Waals surface area (Å²) < 4.78 is 10.4. The van der Waals surface area contributed by atoms with Crippen LogP contribution < -0.4 is 0 Å². The summed E-state index contributed by atoms with van der Waals surface area (Å²) in [7, 11) is 1.32. The molecule has 0 bridgehead atoms. The molecule has 0 saturated carbocycles. The lowest BCUT2D eigenvalue weighted by atomic mass is 10.0. The van der Waals surface area contributed by atoms with Gasteiger partial charge in [-0.2, -0.15) is 5.26 Å². The maximum Gasteiger partial charge on any atom is 0.348 e. The Labute approximate surface area is 137 Å². The Kier molecular flexibility index (Phi) is 5.14. The second-order valence-corrected chi connectivity index (χ2v) is 5.96. The predicted molar refractivity (Wildman–Crippen MR) is 86.8 cm³/mol. The Balaban J connectivity index is 2.35. The smallest absolute Gasteiger partial charge is 0.348 e. The molecule has 0 aliphatic heterocycles. The number of allylic oxidation sites excluding steroid dienone is 1. The van der Waals surface area contributed by atoms with Crippen LogP contribution in [0.2, 0.25) is 0 Å². The van der Waals surface area contributed by atoms with Crippen LogP contribution in [0.1, 0.15) is 29.3 Å². The standard InChI is InChI=1S/C17H15NO4S/c1-10(2)15(19)11(9-18)8-12-4-5-14(22-12)13-6-7-23-16(13)17(20)21-3/h4-8,10H,1-3H3/b11-8-. The molecule has 118 valence electrons. The van der Waals surface area contributed by atoms with Gasteiger partial charge in [0.1, 0.15) is 22.5 Å². The number of esters is 1. The lowest BCUT2D eigenvalue weighted by Gasteiger charge is -2.01. The van der Waals surface area contributed by atoms with Gasteiger partial charge in [0.15, 0.2) is 5.78 Å². The number of hydrogen-bond donors (Lipinski definition) is 0. The fraction of sp³-hybridized carbons (Fsp3) is 0.235. The van der Waals surface area contributed by atoms with E-state index in [4.69, 9.17) is 14.4 Å². The highest BCUT2D eigenvalue weighted by molar-refractivity contribution is 7.12. The fourth-order valence-electron chi connectivity index (χ4n) is 1.94. The predicted octanol–water partition coefficient (Wildman–Crippen LogP) is 3.93. The molecule has 2 rings (SSSR count). The Bertz CT molecular complexity index is 805. The molecule has 2 aromatic rings. The van der Waals surface area contributed by atoms with Crippen molar-refractivity contribution in [1.29, 1.82) is 5.26 Å². The lowest BCUT2D eigenvalue weighted by molar-refractivity contribution is -0.117. The van der Waals surface area contributed by atoms with Crippen molar-refractivity contribution in [2.45, 2.75) is 13.8 Å². The molecule has 0 spiro atoms. The Morgan fingerprint density at radius 1 is 1.35 bits per heavy atom. The zero-order valence-corrected chi connectivity index (χ0v) is 13.8. The van der Waals surface area contributed by atoms with Crippen molar-refractivity contribution in [2.75, 3.05) is 7.11 Å². The SMILES string of the molecule is COC(=O)c1sccc1-c1ccc(/C=C(/C#N)C(=O)C(C)C)o1. The highest BCUT2D eigenvalue weighted by atomic mass is 32.1. The molecule has 0 radical (unpaired) electrons. The van der Waals surface area contributed by atoms with Gasteiger partial charge in [-0.05, 0) is 23.6 Å². The first-order valence-electron chi connectivity index (χ1n) is 6.90. The van der Waals surface area contributed by atoms with E-state index < -0.39 is 5.97 Å². The van der Waals surface area contributed by atoms with Gasteiger partial charge >= 0.3 is 5.97 Å². The van der Waals surface area contributed by atoms with E-state index in [9.17, 15) is 9.59 Å². The highest BCUT2D eigenvalue weighted by Crippen LogP contribution is 2.31. The molecule has 0 N–H and O–H groups in total. The maximum absolute atomic E-state index is 11.9. The lowest BCUT2D eigenvalue weighted by Crippen LogP contribution is -2.08. The van der Waals surface area contributed by atoms with Gasteiger partial charge in [-0.1, -0.05) is 13.8 Å². The number of ether oxygens (including phenoxy) is 1. The van der Waals surface area contributed by atoms with E-state index in [1.807, 2.05) is 6.07 Å². The molecule has 0 amide bonds. The van der Waals surface area contributed by atoms with E-state index in [-0.39, 0.29) is 17.3 Å². The van der Waals surface area contributed by atoms with Gasteiger partial charge in [-0.3, -0.25) is 4.79 Å². The third-order valence-corrected chi connectivity index (χ3v) is 4.02. The first kappa shape index (κ1) is 16.7. The van der Waals surface area contributed by atoms with E-state index in [1.54, 1.807) is 37.4 Å². The van der Waals surface area contributed by atoms with Gasteiger partial charge in [0, 0.05) is 17.6 Å². The van der Waals surface area contributed by atoms with Crippen LogP contribution in [0.5, 0.6) is 0 Å².